The molecule has 0 saturated carbocycles. The van der Waals surface area contributed by atoms with E-state index in [9.17, 15) is 9.32 Å². The van der Waals surface area contributed by atoms with Crippen molar-refractivity contribution in [1.29, 1.82) is 0 Å². The molecule has 0 saturated heterocycles. The molecular formula is C6H3BrFNO2. The lowest BCUT2D eigenvalue weighted by Gasteiger charge is -1.95. The van der Waals surface area contributed by atoms with Crippen LogP contribution in [0.1, 0.15) is 10.4 Å². The van der Waals surface area contributed by atoms with Crippen LogP contribution in [-0.4, -0.2) is 11.0 Å². The number of hydrogen-bond donors (Lipinski definition) is 0. The molecule has 0 aliphatic carbocycles. The van der Waals surface area contributed by atoms with Gasteiger partial charge in [-0.05, 0) is 28.1 Å². The number of halogens is 2. The number of carbonyl (C=O) groups is 1. The third-order valence-corrected chi connectivity index (χ3v) is 1.68. The van der Waals surface area contributed by atoms with E-state index >= 15 is 0 Å². The molecule has 58 valence electrons. The van der Waals surface area contributed by atoms with Crippen LogP contribution >= 0.6 is 15.9 Å². The smallest absolute Gasteiger partial charge is 0.249 e. The van der Waals surface area contributed by atoms with Crippen molar-refractivity contribution in [2.45, 2.75) is 0 Å². The summed E-state index contributed by atoms with van der Waals surface area (Å²) < 4.78 is 11.6. The van der Waals surface area contributed by atoms with Crippen molar-refractivity contribution in [1.82, 2.24) is 4.98 Å². The summed E-state index contributed by atoms with van der Waals surface area (Å²) in [5.74, 6) is -1.05. The highest BCUT2D eigenvalue weighted by Gasteiger charge is 2.11. The minimum absolute atomic E-state index is 0.0648. The summed E-state index contributed by atoms with van der Waals surface area (Å²) in [7, 11) is 0. The van der Waals surface area contributed by atoms with Gasteiger partial charge in [-0.1, -0.05) is 0 Å². The van der Waals surface area contributed by atoms with Crippen LogP contribution in [0.2, 0.25) is 0 Å². The average molecular weight is 220 g/mol. The van der Waals surface area contributed by atoms with E-state index in [4.69, 9.17) is 0 Å². The summed E-state index contributed by atoms with van der Waals surface area (Å²) in [5, 5.41) is 0. The first-order chi connectivity index (χ1) is 5.25. The number of carbonyl (C=O) groups excluding carboxylic acids is 1. The molecule has 1 aromatic rings. The number of pyridine rings is 1. The van der Waals surface area contributed by atoms with Gasteiger partial charge in [0.15, 0.2) is 0 Å². The molecule has 5 heteroatoms. The lowest BCUT2D eigenvalue weighted by atomic mass is 10.3. The molecule has 0 aliphatic heterocycles. The van der Waals surface area contributed by atoms with Gasteiger partial charge in [0.1, 0.15) is 4.60 Å². The highest BCUT2D eigenvalue weighted by atomic mass is 79.9. The van der Waals surface area contributed by atoms with Crippen molar-refractivity contribution in [3.8, 4) is 0 Å². The normalized spacial score (nSPS) is 9.27. The van der Waals surface area contributed by atoms with Gasteiger partial charge in [-0.15, -0.1) is 0 Å². The summed E-state index contributed by atoms with van der Waals surface area (Å²) in [4.78, 5) is 17.3. The van der Waals surface area contributed by atoms with E-state index in [-0.39, 0.29) is 10.2 Å². The van der Waals surface area contributed by atoms with Crippen molar-refractivity contribution >= 4 is 21.9 Å². The fraction of sp³-hybridized carbons (Fsp3) is 0. The molecular weight excluding hydrogens is 217 g/mol. The van der Waals surface area contributed by atoms with E-state index in [1.165, 1.54) is 18.3 Å². The van der Waals surface area contributed by atoms with Crippen molar-refractivity contribution in [3.05, 3.63) is 28.5 Å². The number of rotatable bonds is 1. The van der Waals surface area contributed by atoms with Crippen molar-refractivity contribution in [2.24, 2.45) is 0 Å². The van der Waals surface area contributed by atoms with Gasteiger partial charge in [0.25, 0.3) is 0 Å². The summed E-state index contributed by atoms with van der Waals surface area (Å²) in [6.07, 6.45) is 1.47. The third kappa shape index (κ3) is 1.74. The topological polar surface area (TPSA) is 39.2 Å². The van der Waals surface area contributed by atoms with Crippen LogP contribution in [0.4, 0.5) is 4.53 Å². The largest absolute Gasteiger partial charge is 0.382 e. The van der Waals surface area contributed by atoms with E-state index in [1.54, 1.807) is 0 Å². The van der Waals surface area contributed by atoms with E-state index in [2.05, 4.69) is 25.9 Å². The first kappa shape index (κ1) is 8.13. The second kappa shape index (κ2) is 3.43. The first-order valence-electron chi connectivity index (χ1n) is 2.69. The van der Waals surface area contributed by atoms with Crippen LogP contribution in [0.15, 0.2) is 22.9 Å². The lowest BCUT2D eigenvalue weighted by Crippen LogP contribution is -2.00. The Hall–Kier alpha value is -0.970. The maximum absolute atomic E-state index is 11.4. The Morgan fingerprint density at radius 2 is 2.45 bits per heavy atom. The van der Waals surface area contributed by atoms with Crippen LogP contribution in [-0.2, 0) is 4.94 Å². The Bertz CT molecular complexity index is 279. The highest BCUT2D eigenvalue weighted by molar-refractivity contribution is 9.10. The van der Waals surface area contributed by atoms with Crippen molar-refractivity contribution < 1.29 is 14.3 Å². The van der Waals surface area contributed by atoms with Crippen LogP contribution < -0.4 is 0 Å². The van der Waals surface area contributed by atoms with Crippen molar-refractivity contribution in [2.75, 3.05) is 0 Å². The molecule has 0 spiro atoms. The Morgan fingerprint density at radius 1 is 1.73 bits per heavy atom. The van der Waals surface area contributed by atoms with Crippen LogP contribution in [0, 0.1) is 0 Å². The van der Waals surface area contributed by atoms with Crippen LogP contribution in [0.3, 0.4) is 0 Å². The number of nitrogens with zero attached hydrogens (tertiary/aromatic N) is 1. The molecule has 1 heterocycles. The molecule has 0 N–H and O–H groups in total. The van der Waals surface area contributed by atoms with Crippen molar-refractivity contribution in [3.63, 3.8) is 0 Å². The van der Waals surface area contributed by atoms with Gasteiger partial charge >= 0.3 is 5.97 Å². The maximum Gasteiger partial charge on any atom is 0.382 e. The summed E-state index contributed by atoms with van der Waals surface area (Å²) in [6.45, 7) is 0. The molecule has 0 atom stereocenters. The van der Waals surface area contributed by atoms with Gasteiger partial charge in [-0.2, -0.15) is 0 Å². The molecule has 0 amide bonds. The Kier molecular flexibility index (Phi) is 2.53. The summed E-state index contributed by atoms with van der Waals surface area (Å²) in [5.41, 5.74) is 0.0648. The van der Waals surface area contributed by atoms with Crippen LogP contribution in [0.5, 0.6) is 0 Å². The molecule has 0 fully saturated rings. The fourth-order valence-electron chi connectivity index (χ4n) is 0.580. The number of hydrogen-bond acceptors (Lipinski definition) is 3. The minimum atomic E-state index is -1.05. The van der Waals surface area contributed by atoms with E-state index < -0.39 is 5.97 Å². The minimum Gasteiger partial charge on any atom is -0.249 e. The summed E-state index contributed by atoms with van der Waals surface area (Å²) in [6, 6.07) is 2.91. The average Bonchev–Trinajstić information content (AvgIpc) is 2.04. The van der Waals surface area contributed by atoms with Gasteiger partial charge < -0.3 is 0 Å². The zero-order valence-corrected chi connectivity index (χ0v) is 6.84. The molecule has 11 heavy (non-hydrogen) atoms. The Morgan fingerprint density at radius 3 is 3.00 bits per heavy atom. The van der Waals surface area contributed by atoms with Crippen LogP contribution in [0.25, 0.3) is 0 Å². The third-order valence-electron chi connectivity index (χ3n) is 1.05. The molecule has 0 radical (unpaired) electrons. The Balaban J connectivity index is 3.03. The SMILES string of the molecule is O=C(OF)c1cccnc1Br. The quantitative estimate of drug-likeness (QED) is 0.678. The molecule has 0 aliphatic rings. The van der Waals surface area contributed by atoms with Gasteiger partial charge in [0.05, 0.1) is 5.56 Å². The summed E-state index contributed by atoms with van der Waals surface area (Å²) >= 11 is 2.96. The molecule has 1 rings (SSSR count). The standard InChI is InChI=1S/C6H3BrFNO2/c7-5-4(6(10)11-8)2-1-3-9-5/h1-3H. The first-order valence-corrected chi connectivity index (χ1v) is 3.48. The predicted octanol–water partition coefficient (Wildman–Crippen LogP) is 1.89. The second-order valence-corrected chi connectivity index (χ2v) is 2.46. The van der Waals surface area contributed by atoms with Gasteiger partial charge in [-0.3, -0.25) is 0 Å². The molecule has 3 nitrogen and oxygen atoms in total. The fourth-order valence-corrected chi connectivity index (χ4v) is 0.992. The van der Waals surface area contributed by atoms with E-state index in [0.29, 0.717) is 0 Å². The predicted molar refractivity (Wildman–Crippen MR) is 38.5 cm³/mol. The second-order valence-electron chi connectivity index (χ2n) is 1.71. The Labute approximate surface area is 70.2 Å². The van der Waals surface area contributed by atoms with E-state index in [1.807, 2.05) is 0 Å². The molecule has 0 unspecified atom stereocenters. The highest BCUT2D eigenvalue weighted by Crippen LogP contribution is 2.13. The maximum atomic E-state index is 11.4. The zero-order chi connectivity index (χ0) is 8.27. The molecule has 0 bridgehead atoms. The lowest BCUT2D eigenvalue weighted by molar-refractivity contribution is -0.0789. The molecule has 1 aromatic heterocycles. The molecule has 0 aromatic carbocycles. The van der Waals surface area contributed by atoms with Gasteiger partial charge in [0.2, 0.25) is 0 Å². The number of aromatic nitrogens is 1. The van der Waals surface area contributed by atoms with E-state index in [0.717, 1.165) is 0 Å². The van der Waals surface area contributed by atoms with Gasteiger partial charge in [0, 0.05) is 10.7 Å². The monoisotopic (exact) mass is 219 g/mol. The zero-order valence-electron chi connectivity index (χ0n) is 5.25. The van der Waals surface area contributed by atoms with Gasteiger partial charge in [-0.25, -0.2) is 14.7 Å².